The maximum atomic E-state index is 12.3. The van der Waals surface area contributed by atoms with Crippen molar-refractivity contribution in [3.63, 3.8) is 0 Å². The van der Waals surface area contributed by atoms with Crippen molar-refractivity contribution in [3.8, 4) is 17.5 Å². The summed E-state index contributed by atoms with van der Waals surface area (Å²) < 4.78 is 54.3. The molecule has 10 nitrogen and oxygen atoms in total. The molecule has 0 N–H and O–H groups in total. The summed E-state index contributed by atoms with van der Waals surface area (Å²) in [6, 6.07) is 14.4. The molecule has 2 aliphatic heterocycles. The first-order valence-corrected chi connectivity index (χ1v) is 13.6. The van der Waals surface area contributed by atoms with Crippen LogP contribution in [0.5, 0.6) is 17.5 Å². The third-order valence-corrected chi connectivity index (χ3v) is 7.41. The Kier molecular flexibility index (Phi) is 8.30. The average Bonchev–Trinajstić information content (AvgIpc) is 3.48. The van der Waals surface area contributed by atoms with Gasteiger partial charge in [-0.15, -0.1) is 13.2 Å². The summed E-state index contributed by atoms with van der Waals surface area (Å²) in [7, 11) is 2.08. The van der Waals surface area contributed by atoms with E-state index in [1.165, 1.54) is 18.3 Å². The first-order chi connectivity index (χ1) is 20.0. The van der Waals surface area contributed by atoms with Crippen molar-refractivity contribution in [1.82, 2.24) is 14.5 Å². The lowest BCUT2D eigenvalue weighted by Crippen LogP contribution is -2.43. The molecule has 0 amide bonds. The summed E-state index contributed by atoms with van der Waals surface area (Å²) in [6.07, 6.45) is 2.60. The molecule has 1 aromatic heterocycles. The lowest BCUT2D eigenvalue weighted by Gasteiger charge is -2.37. The molecule has 1 fully saturated rings. The minimum absolute atomic E-state index is 0.223. The monoisotopic (exact) mass is 587 g/mol. The van der Waals surface area contributed by atoms with Crippen LogP contribution < -0.4 is 19.1 Å². The van der Waals surface area contributed by atoms with Gasteiger partial charge in [-0.25, -0.2) is 0 Å². The topological polar surface area (TPSA) is 95.1 Å². The zero-order valence-corrected chi connectivity index (χ0v) is 23.3. The zero-order valence-electron chi connectivity index (χ0n) is 23.3. The number of ether oxygens (including phenoxy) is 3. The smallest absolute Gasteiger partial charge is 0.489 e. The third-order valence-electron chi connectivity index (χ3n) is 7.41. The lowest BCUT2D eigenvalue weighted by molar-refractivity contribution is -0.389. The maximum Gasteiger partial charge on any atom is 0.573 e. The van der Waals surface area contributed by atoms with Crippen molar-refractivity contribution in [2.75, 3.05) is 38.2 Å². The van der Waals surface area contributed by atoms with Crippen LogP contribution in [0.4, 0.5) is 24.7 Å². The highest BCUT2D eigenvalue weighted by Gasteiger charge is 2.41. The van der Waals surface area contributed by atoms with Crippen molar-refractivity contribution in [2.24, 2.45) is 0 Å². The Hall–Kier alpha value is -4.26. The Morgan fingerprint density at radius 1 is 1.14 bits per heavy atom. The Morgan fingerprint density at radius 3 is 2.43 bits per heavy atom. The van der Waals surface area contributed by atoms with Crippen LogP contribution in [-0.4, -0.2) is 70.7 Å². The molecule has 13 heteroatoms. The first kappa shape index (κ1) is 29.2. The lowest BCUT2D eigenvalue weighted by atomic mass is 10.0. The Bertz CT molecular complexity index is 1380. The van der Waals surface area contributed by atoms with E-state index in [0.29, 0.717) is 18.3 Å². The SMILES string of the molecule is CN(CC=Cc1ccc(OC(F)(F)F)cc1)C1CCN(c2ccc(OC[C@@]3(C)Cn4cc([N+](=O)[O-])nc4O3)cc2)CC1. The summed E-state index contributed by atoms with van der Waals surface area (Å²) in [5.41, 5.74) is 1.26. The quantitative estimate of drug-likeness (QED) is 0.226. The van der Waals surface area contributed by atoms with Gasteiger partial charge >= 0.3 is 18.2 Å². The van der Waals surface area contributed by atoms with E-state index in [0.717, 1.165) is 43.7 Å². The van der Waals surface area contributed by atoms with Gasteiger partial charge in [-0.05, 0) is 73.7 Å². The summed E-state index contributed by atoms with van der Waals surface area (Å²) in [6.45, 7) is 5.14. The Labute approximate surface area is 241 Å². The van der Waals surface area contributed by atoms with Crippen LogP contribution >= 0.6 is 0 Å². The van der Waals surface area contributed by atoms with Crippen molar-refractivity contribution < 1.29 is 32.3 Å². The number of nitrogens with zero attached hydrogens (tertiary/aromatic N) is 5. The number of anilines is 1. The summed E-state index contributed by atoms with van der Waals surface area (Å²) >= 11 is 0. The van der Waals surface area contributed by atoms with E-state index in [1.807, 2.05) is 43.3 Å². The number of piperidine rings is 1. The van der Waals surface area contributed by atoms with Gasteiger partial charge in [-0.3, -0.25) is 9.47 Å². The predicted octanol–water partition coefficient (Wildman–Crippen LogP) is 5.53. The summed E-state index contributed by atoms with van der Waals surface area (Å²) in [5.74, 6) is 0.245. The molecule has 0 aliphatic carbocycles. The van der Waals surface area contributed by atoms with Gasteiger partial charge in [0.1, 0.15) is 24.3 Å². The van der Waals surface area contributed by atoms with Crippen molar-refractivity contribution in [2.45, 2.75) is 44.3 Å². The number of likely N-dealkylation sites (N-methyl/N-ethyl adjacent to an activating group) is 1. The molecule has 3 aromatic rings. The van der Waals surface area contributed by atoms with Crippen molar-refractivity contribution in [1.29, 1.82) is 0 Å². The highest BCUT2D eigenvalue weighted by atomic mass is 19.4. The highest BCUT2D eigenvalue weighted by Crippen LogP contribution is 2.32. The van der Waals surface area contributed by atoms with Gasteiger partial charge in [0.25, 0.3) is 0 Å². The van der Waals surface area contributed by atoms with Crippen LogP contribution in [0.25, 0.3) is 6.08 Å². The summed E-state index contributed by atoms with van der Waals surface area (Å²) in [4.78, 5) is 18.9. The normalized spacial score (nSPS) is 19.2. The van der Waals surface area contributed by atoms with Crippen LogP contribution in [0.2, 0.25) is 0 Å². The molecular weight excluding hydrogens is 555 g/mol. The molecule has 42 heavy (non-hydrogen) atoms. The molecule has 0 saturated carbocycles. The number of hydrogen-bond donors (Lipinski definition) is 0. The van der Waals surface area contributed by atoms with Gasteiger partial charge in [0.05, 0.1) is 6.54 Å². The van der Waals surface area contributed by atoms with Gasteiger partial charge in [-0.1, -0.05) is 24.3 Å². The molecule has 3 heterocycles. The number of aromatic nitrogens is 2. The van der Waals surface area contributed by atoms with Gasteiger partial charge < -0.3 is 29.2 Å². The molecule has 5 rings (SSSR count). The van der Waals surface area contributed by atoms with E-state index in [4.69, 9.17) is 9.47 Å². The van der Waals surface area contributed by atoms with Crippen molar-refractivity contribution >= 4 is 17.6 Å². The molecular formula is C29H32F3N5O5. The van der Waals surface area contributed by atoms with Crippen LogP contribution in [-0.2, 0) is 6.54 Å². The highest BCUT2D eigenvalue weighted by molar-refractivity contribution is 5.51. The van der Waals surface area contributed by atoms with E-state index in [2.05, 4.69) is 26.6 Å². The second-order valence-corrected chi connectivity index (χ2v) is 10.8. The second-order valence-electron chi connectivity index (χ2n) is 10.8. The molecule has 0 bridgehead atoms. The maximum absolute atomic E-state index is 12.3. The average molecular weight is 588 g/mol. The molecule has 1 saturated heterocycles. The molecule has 224 valence electrons. The molecule has 0 unspecified atom stereocenters. The molecule has 0 spiro atoms. The largest absolute Gasteiger partial charge is 0.573 e. The number of benzene rings is 2. The van der Waals surface area contributed by atoms with Gasteiger partial charge in [0.2, 0.25) is 0 Å². The number of halogens is 3. The fourth-order valence-corrected chi connectivity index (χ4v) is 5.20. The van der Waals surface area contributed by atoms with Crippen LogP contribution in [0, 0.1) is 10.1 Å². The standard InChI is InChI=1S/C29H32F3N5O5/c1-28(19-36-18-26(37(38)39)33-27(36)42-28)20-40-24-11-7-23(8-12-24)35-16-13-22(14-17-35)34(2)15-3-4-21-5-9-25(10-6-21)41-29(30,31)32/h3-12,18,22H,13-17,19-20H2,1-2H3/t28-/m1/s1. The van der Waals surface area contributed by atoms with Gasteiger partial charge in [-0.2, -0.15) is 0 Å². The fraction of sp³-hybridized carbons (Fsp3) is 0.414. The van der Waals surface area contributed by atoms with E-state index >= 15 is 0 Å². The fourth-order valence-electron chi connectivity index (χ4n) is 5.20. The van der Waals surface area contributed by atoms with E-state index in [-0.39, 0.29) is 24.2 Å². The summed E-state index contributed by atoms with van der Waals surface area (Å²) in [5, 5.41) is 10.9. The minimum Gasteiger partial charge on any atom is -0.489 e. The molecule has 2 aliphatic rings. The van der Waals surface area contributed by atoms with E-state index < -0.39 is 16.9 Å². The number of nitro groups is 1. The number of imidazole rings is 1. The van der Waals surface area contributed by atoms with Gasteiger partial charge in [0, 0.05) is 36.3 Å². The van der Waals surface area contributed by atoms with Crippen LogP contribution in [0.1, 0.15) is 25.3 Å². The first-order valence-electron chi connectivity index (χ1n) is 13.6. The molecule has 1 atom stereocenters. The third kappa shape index (κ3) is 7.32. The molecule has 2 aromatic carbocycles. The van der Waals surface area contributed by atoms with Crippen molar-refractivity contribution in [3.05, 3.63) is 76.5 Å². The zero-order chi connectivity index (χ0) is 29.9. The van der Waals surface area contributed by atoms with Gasteiger partial charge in [0.15, 0.2) is 5.60 Å². The van der Waals surface area contributed by atoms with Crippen LogP contribution in [0.3, 0.4) is 0 Å². The van der Waals surface area contributed by atoms with Crippen LogP contribution in [0.15, 0.2) is 60.8 Å². The number of fused-ring (bicyclic) bond motifs is 1. The minimum atomic E-state index is -4.69. The Balaban J connectivity index is 1.04. The molecule has 0 radical (unpaired) electrons. The Morgan fingerprint density at radius 2 is 1.81 bits per heavy atom. The number of alkyl halides is 3. The van der Waals surface area contributed by atoms with E-state index in [9.17, 15) is 23.3 Å². The second kappa shape index (κ2) is 11.9. The number of hydrogen-bond acceptors (Lipinski definition) is 8. The predicted molar refractivity (Wildman–Crippen MR) is 150 cm³/mol. The van der Waals surface area contributed by atoms with E-state index in [1.54, 1.807) is 16.7 Å². The number of rotatable bonds is 10.